The number of nitrogens with zero attached hydrogens (tertiary/aromatic N) is 2. The third kappa shape index (κ3) is 3.16. The van der Waals surface area contributed by atoms with Crippen LogP contribution in [0.4, 0.5) is 11.5 Å². The van der Waals surface area contributed by atoms with Gasteiger partial charge in [-0.05, 0) is 28.8 Å². The third-order valence-corrected chi connectivity index (χ3v) is 3.43. The van der Waals surface area contributed by atoms with Crippen molar-refractivity contribution in [2.24, 2.45) is 5.73 Å². The Morgan fingerprint density at radius 2 is 2.11 bits per heavy atom. The van der Waals surface area contributed by atoms with E-state index in [-0.39, 0.29) is 11.4 Å². The first-order valence-electron chi connectivity index (χ1n) is 6.22. The Balaban J connectivity index is 1.91. The third-order valence-electron chi connectivity index (χ3n) is 3.43. The first kappa shape index (κ1) is 12.8. The topological polar surface area (TPSA) is 94.1 Å². The van der Waals surface area contributed by atoms with Gasteiger partial charge in [0.1, 0.15) is 0 Å². The molecule has 1 aliphatic rings. The van der Waals surface area contributed by atoms with Crippen LogP contribution >= 0.6 is 0 Å². The van der Waals surface area contributed by atoms with Gasteiger partial charge in [0.05, 0.1) is 5.69 Å². The minimum absolute atomic E-state index is 0.138. The predicted molar refractivity (Wildman–Crippen MR) is 69.4 cm³/mol. The van der Waals surface area contributed by atoms with Crippen molar-refractivity contribution in [2.75, 3.05) is 11.9 Å². The smallest absolute Gasteiger partial charge is 0.363 e. The van der Waals surface area contributed by atoms with Crippen molar-refractivity contribution in [3.63, 3.8) is 0 Å². The number of anilines is 1. The molecule has 6 heteroatoms. The summed E-state index contributed by atoms with van der Waals surface area (Å²) in [4.78, 5) is 13.7. The molecule has 0 atom stereocenters. The van der Waals surface area contributed by atoms with E-state index in [1.54, 1.807) is 6.07 Å². The Morgan fingerprint density at radius 1 is 1.39 bits per heavy atom. The van der Waals surface area contributed by atoms with Crippen molar-refractivity contribution in [2.45, 2.75) is 37.6 Å². The summed E-state index contributed by atoms with van der Waals surface area (Å²) in [5.41, 5.74) is 6.92. The molecule has 0 spiro atoms. The van der Waals surface area contributed by atoms with Gasteiger partial charge in [-0.2, -0.15) is 0 Å². The molecular weight excluding hydrogens is 232 g/mol. The largest absolute Gasteiger partial charge is 0.380 e. The van der Waals surface area contributed by atoms with Crippen LogP contribution in [0.3, 0.4) is 0 Å². The fraction of sp³-hybridized carbons (Fsp3) is 0.583. The van der Waals surface area contributed by atoms with Gasteiger partial charge in [-0.3, -0.25) is 0 Å². The van der Waals surface area contributed by atoms with Crippen molar-refractivity contribution in [3.05, 3.63) is 28.4 Å². The van der Waals surface area contributed by atoms with Crippen molar-refractivity contribution in [3.8, 4) is 0 Å². The Hall–Kier alpha value is -1.69. The van der Waals surface area contributed by atoms with Gasteiger partial charge >= 0.3 is 5.82 Å². The van der Waals surface area contributed by atoms with Crippen molar-refractivity contribution in [1.29, 1.82) is 0 Å². The first-order chi connectivity index (χ1) is 8.59. The monoisotopic (exact) mass is 250 g/mol. The molecule has 1 aliphatic carbocycles. The van der Waals surface area contributed by atoms with Crippen LogP contribution in [0.1, 0.15) is 32.1 Å². The zero-order valence-corrected chi connectivity index (χ0v) is 10.3. The highest BCUT2D eigenvalue weighted by Crippen LogP contribution is 2.26. The van der Waals surface area contributed by atoms with E-state index in [9.17, 15) is 10.1 Å². The summed E-state index contributed by atoms with van der Waals surface area (Å²) in [6, 6.07) is 3.06. The molecule has 0 aliphatic heterocycles. The molecule has 0 radical (unpaired) electrons. The average Bonchev–Trinajstić information content (AvgIpc) is 2.38. The number of pyridine rings is 1. The van der Waals surface area contributed by atoms with Crippen LogP contribution in [0.5, 0.6) is 0 Å². The molecule has 1 aromatic heterocycles. The van der Waals surface area contributed by atoms with Crippen LogP contribution < -0.4 is 11.1 Å². The quantitative estimate of drug-likeness (QED) is 0.630. The van der Waals surface area contributed by atoms with Gasteiger partial charge < -0.3 is 21.2 Å². The summed E-state index contributed by atoms with van der Waals surface area (Å²) in [5, 5.41) is 13.7. The second kappa shape index (κ2) is 5.30. The Morgan fingerprint density at radius 3 is 2.67 bits per heavy atom. The molecule has 1 saturated carbocycles. The molecule has 1 aromatic rings. The lowest BCUT2D eigenvalue weighted by Gasteiger charge is -2.33. The van der Waals surface area contributed by atoms with Crippen molar-refractivity contribution < 1.29 is 4.92 Å². The van der Waals surface area contributed by atoms with Crippen LogP contribution in [0, 0.1) is 10.1 Å². The molecule has 2 rings (SSSR count). The molecule has 0 amide bonds. The van der Waals surface area contributed by atoms with Gasteiger partial charge in [-0.1, -0.05) is 19.3 Å². The Labute approximate surface area is 106 Å². The Bertz CT molecular complexity index is 413. The second-order valence-corrected chi connectivity index (χ2v) is 4.94. The molecule has 0 aromatic carbocycles. The zero-order chi connectivity index (χ0) is 13.0. The van der Waals surface area contributed by atoms with Gasteiger partial charge in [0, 0.05) is 18.2 Å². The summed E-state index contributed by atoms with van der Waals surface area (Å²) < 4.78 is 0. The fourth-order valence-corrected chi connectivity index (χ4v) is 2.31. The molecule has 0 bridgehead atoms. The van der Waals surface area contributed by atoms with E-state index in [0.29, 0.717) is 6.54 Å². The van der Waals surface area contributed by atoms with E-state index in [4.69, 9.17) is 5.73 Å². The highest BCUT2D eigenvalue weighted by atomic mass is 16.6. The SMILES string of the molecule is NC1(CNc2ccc([N+](=O)[O-])nc2)CCCCC1. The van der Waals surface area contributed by atoms with Crippen LogP contribution in [0.2, 0.25) is 0 Å². The minimum Gasteiger partial charge on any atom is -0.380 e. The summed E-state index contributed by atoms with van der Waals surface area (Å²) in [7, 11) is 0. The highest BCUT2D eigenvalue weighted by Gasteiger charge is 2.27. The van der Waals surface area contributed by atoms with Gasteiger partial charge in [0.15, 0.2) is 6.20 Å². The molecule has 3 N–H and O–H groups in total. The summed E-state index contributed by atoms with van der Waals surface area (Å²) in [6.45, 7) is 0.687. The molecule has 1 heterocycles. The maximum atomic E-state index is 10.5. The molecule has 0 saturated heterocycles. The lowest BCUT2D eigenvalue weighted by Crippen LogP contribution is -2.47. The zero-order valence-electron chi connectivity index (χ0n) is 10.3. The molecule has 18 heavy (non-hydrogen) atoms. The van der Waals surface area contributed by atoms with Crippen molar-refractivity contribution in [1.82, 2.24) is 4.98 Å². The van der Waals surface area contributed by atoms with Gasteiger partial charge in [0.2, 0.25) is 0 Å². The fourth-order valence-electron chi connectivity index (χ4n) is 2.31. The van der Waals surface area contributed by atoms with Gasteiger partial charge in [-0.15, -0.1) is 0 Å². The first-order valence-corrected chi connectivity index (χ1v) is 6.22. The number of aromatic nitrogens is 1. The highest BCUT2D eigenvalue weighted by molar-refractivity contribution is 5.43. The van der Waals surface area contributed by atoms with E-state index in [1.807, 2.05) is 0 Å². The lowest BCUT2D eigenvalue weighted by atomic mass is 9.82. The normalized spacial score (nSPS) is 18.3. The second-order valence-electron chi connectivity index (χ2n) is 4.94. The van der Waals surface area contributed by atoms with E-state index >= 15 is 0 Å². The molecule has 6 nitrogen and oxygen atoms in total. The minimum atomic E-state index is -0.505. The average molecular weight is 250 g/mol. The number of rotatable bonds is 4. The number of hydrogen-bond acceptors (Lipinski definition) is 5. The van der Waals surface area contributed by atoms with Crippen LogP contribution in [-0.4, -0.2) is 22.0 Å². The van der Waals surface area contributed by atoms with E-state index in [1.165, 1.54) is 31.5 Å². The number of hydrogen-bond donors (Lipinski definition) is 2. The van der Waals surface area contributed by atoms with Crippen LogP contribution in [-0.2, 0) is 0 Å². The van der Waals surface area contributed by atoms with Gasteiger partial charge in [-0.25, -0.2) is 0 Å². The number of nitrogens with one attached hydrogen (secondary N) is 1. The lowest BCUT2D eigenvalue weighted by molar-refractivity contribution is -0.389. The molecule has 1 fully saturated rings. The van der Waals surface area contributed by atoms with Crippen molar-refractivity contribution >= 4 is 11.5 Å². The summed E-state index contributed by atoms with van der Waals surface area (Å²) >= 11 is 0. The summed E-state index contributed by atoms with van der Waals surface area (Å²) in [5.74, 6) is -0.138. The van der Waals surface area contributed by atoms with E-state index < -0.39 is 4.92 Å². The van der Waals surface area contributed by atoms with Crippen LogP contribution in [0.15, 0.2) is 18.3 Å². The standard InChI is InChI=1S/C12H18N4O2/c13-12(6-2-1-3-7-12)9-15-10-4-5-11(14-8-10)16(17)18/h4-5,8,15H,1-3,6-7,9,13H2. The molecular formula is C12H18N4O2. The van der Waals surface area contributed by atoms with Gasteiger partial charge in [0.25, 0.3) is 0 Å². The molecule has 98 valence electrons. The van der Waals surface area contributed by atoms with E-state index in [2.05, 4.69) is 10.3 Å². The van der Waals surface area contributed by atoms with E-state index in [0.717, 1.165) is 18.5 Å². The maximum Gasteiger partial charge on any atom is 0.363 e. The number of nitro groups is 1. The van der Waals surface area contributed by atoms with Crippen LogP contribution in [0.25, 0.3) is 0 Å². The summed E-state index contributed by atoms with van der Waals surface area (Å²) in [6.07, 6.45) is 7.15. The predicted octanol–water partition coefficient (Wildman–Crippen LogP) is 2.06. The molecule has 0 unspecified atom stereocenters. The number of nitrogens with two attached hydrogens (primary N) is 1. The Kier molecular flexibility index (Phi) is 3.76. The maximum absolute atomic E-state index is 10.5.